The molecule has 0 aliphatic heterocycles. The largest absolute Gasteiger partial charge is 0.484 e. The molecule has 0 aliphatic carbocycles. The maximum absolute atomic E-state index is 12.0. The quantitative estimate of drug-likeness (QED) is 0.825. The first kappa shape index (κ1) is 16.5. The Bertz CT molecular complexity index is 476. The Balaban J connectivity index is 2.59. The van der Waals surface area contributed by atoms with Gasteiger partial charge in [0.05, 0.1) is 0 Å². The Morgan fingerprint density at radius 1 is 1.40 bits per heavy atom. The summed E-state index contributed by atoms with van der Waals surface area (Å²) < 4.78 is 6.23. The van der Waals surface area contributed by atoms with E-state index in [1.807, 2.05) is 19.9 Å². The zero-order chi connectivity index (χ0) is 15.1. The molecule has 5 nitrogen and oxygen atoms in total. The van der Waals surface area contributed by atoms with Gasteiger partial charge in [0.1, 0.15) is 12.3 Å². The summed E-state index contributed by atoms with van der Waals surface area (Å²) in [5.74, 6) is -0.598. The third-order valence-corrected chi connectivity index (χ3v) is 2.92. The number of carboxylic acid groups (broad SMARTS) is 1. The molecular weight excluding hydrogens is 326 g/mol. The summed E-state index contributed by atoms with van der Waals surface area (Å²) in [6.07, 6.45) is 0. The molecule has 0 saturated heterocycles. The Hall–Kier alpha value is -1.56. The molecule has 1 rings (SSSR count). The minimum absolute atomic E-state index is 0.170. The number of hydrogen-bond acceptors (Lipinski definition) is 3. The van der Waals surface area contributed by atoms with E-state index in [4.69, 9.17) is 9.84 Å². The normalized spacial score (nSPS) is 10.4. The molecule has 6 heteroatoms. The molecule has 0 bridgehead atoms. The predicted octanol–water partition coefficient (Wildman–Crippen LogP) is 2.40. The standard InChI is InChI=1S/C14H18BrNO4/c1-10(2)7-16(8-14(18)19)13(17)9-20-12-5-3-4-11(15)6-12/h3-6,10H,7-9H2,1-2H3,(H,18,19). The second kappa shape index (κ2) is 7.89. The molecule has 0 fully saturated rings. The zero-order valence-electron chi connectivity index (χ0n) is 11.5. The number of nitrogens with zero attached hydrogens (tertiary/aromatic N) is 1. The van der Waals surface area contributed by atoms with E-state index in [9.17, 15) is 9.59 Å². The summed E-state index contributed by atoms with van der Waals surface area (Å²) in [6, 6.07) is 7.14. The van der Waals surface area contributed by atoms with Gasteiger partial charge in [-0.25, -0.2) is 0 Å². The molecule has 0 heterocycles. The first-order valence-corrected chi connectivity index (χ1v) is 7.05. The van der Waals surface area contributed by atoms with Crippen molar-refractivity contribution in [1.29, 1.82) is 0 Å². The molecule has 0 atom stereocenters. The first-order valence-electron chi connectivity index (χ1n) is 6.26. The van der Waals surface area contributed by atoms with E-state index in [1.54, 1.807) is 18.2 Å². The number of amides is 1. The Morgan fingerprint density at radius 2 is 2.10 bits per heavy atom. The Morgan fingerprint density at radius 3 is 2.65 bits per heavy atom. The monoisotopic (exact) mass is 343 g/mol. The van der Waals surface area contributed by atoms with Gasteiger partial charge in [0.25, 0.3) is 5.91 Å². The van der Waals surface area contributed by atoms with Crippen molar-refractivity contribution in [3.8, 4) is 5.75 Å². The van der Waals surface area contributed by atoms with Crippen molar-refractivity contribution in [3.05, 3.63) is 28.7 Å². The minimum atomic E-state index is -1.03. The molecule has 0 aliphatic rings. The summed E-state index contributed by atoms with van der Waals surface area (Å²) in [5, 5.41) is 8.83. The van der Waals surface area contributed by atoms with E-state index in [1.165, 1.54) is 4.90 Å². The Labute approximate surface area is 126 Å². The molecule has 1 amide bonds. The van der Waals surface area contributed by atoms with Crippen molar-refractivity contribution in [2.45, 2.75) is 13.8 Å². The summed E-state index contributed by atoms with van der Waals surface area (Å²) >= 11 is 3.31. The van der Waals surface area contributed by atoms with Gasteiger partial charge >= 0.3 is 5.97 Å². The number of ether oxygens (including phenoxy) is 1. The van der Waals surface area contributed by atoms with Gasteiger partial charge in [0.2, 0.25) is 0 Å². The minimum Gasteiger partial charge on any atom is -0.484 e. The molecule has 1 N–H and O–H groups in total. The topological polar surface area (TPSA) is 66.8 Å². The van der Waals surface area contributed by atoms with Crippen LogP contribution in [0.5, 0.6) is 5.75 Å². The van der Waals surface area contributed by atoms with Crippen LogP contribution in [-0.2, 0) is 9.59 Å². The lowest BCUT2D eigenvalue weighted by atomic mass is 10.2. The van der Waals surface area contributed by atoms with E-state index in [0.717, 1.165) is 4.47 Å². The lowest BCUT2D eigenvalue weighted by molar-refractivity contribution is -0.145. The average Bonchev–Trinajstić information content (AvgIpc) is 2.34. The highest BCUT2D eigenvalue weighted by molar-refractivity contribution is 9.10. The van der Waals surface area contributed by atoms with Crippen LogP contribution in [0.2, 0.25) is 0 Å². The second-order valence-corrected chi connectivity index (χ2v) is 5.72. The van der Waals surface area contributed by atoms with E-state index < -0.39 is 5.97 Å². The van der Waals surface area contributed by atoms with E-state index in [-0.39, 0.29) is 25.0 Å². The summed E-state index contributed by atoms with van der Waals surface area (Å²) in [4.78, 5) is 24.1. The molecular formula is C14H18BrNO4. The van der Waals surface area contributed by atoms with Crippen LogP contribution >= 0.6 is 15.9 Å². The van der Waals surface area contributed by atoms with Crippen molar-refractivity contribution in [2.24, 2.45) is 5.92 Å². The highest BCUT2D eigenvalue weighted by Gasteiger charge is 2.18. The number of carboxylic acids is 1. The van der Waals surface area contributed by atoms with E-state index in [2.05, 4.69) is 15.9 Å². The predicted molar refractivity (Wildman–Crippen MR) is 78.7 cm³/mol. The van der Waals surface area contributed by atoms with Gasteiger partial charge < -0.3 is 14.7 Å². The zero-order valence-corrected chi connectivity index (χ0v) is 13.1. The van der Waals surface area contributed by atoms with Gasteiger partial charge in [-0.1, -0.05) is 35.8 Å². The number of aliphatic carboxylic acids is 1. The van der Waals surface area contributed by atoms with Gasteiger partial charge in [-0.15, -0.1) is 0 Å². The smallest absolute Gasteiger partial charge is 0.323 e. The Kier molecular flexibility index (Phi) is 6.51. The molecule has 1 aromatic carbocycles. The number of rotatable bonds is 7. The molecule has 0 aromatic heterocycles. The van der Waals surface area contributed by atoms with Crippen molar-refractivity contribution >= 4 is 27.8 Å². The lowest BCUT2D eigenvalue weighted by Gasteiger charge is -2.22. The van der Waals surface area contributed by atoms with Crippen LogP contribution in [0.4, 0.5) is 0 Å². The maximum atomic E-state index is 12.0. The number of carbonyl (C=O) groups excluding carboxylic acids is 1. The molecule has 0 unspecified atom stereocenters. The SMILES string of the molecule is CC(C)CN(CC(=O)O)C(=O)COc1cccc(Br)c1. The third-order valence-electron chi connectivity index (χ3n) is 2.42. The fourth-order valence-corrected chi connectivity index (χ4v) is 2.03. The molecule has 0 radical (unpaired) electrons. The van der Waals surface area contributed by atoms with Crippen LogP contribution in [-0.4, -0.2) is 41.6 Å². The molecule has 0 saturated carbocycles. The first-order chi connectivity index (χ1) is 9.38. The summed E-state index contributed by atoms with van der Waals surface area (Å²) in [5.41, 5.74) is 0. The molecule has 110 valence electrons. The lowest BCUT2D eigenvalue weighted by Crippen LogP contribution is -2.40. The van der Waals surface area contributed by atoms with Crippen LogP contribution in [0.3, 0.4) is 0 Å². The highest BCUT2D eigenvalue weighted by Crippen LogP contribution is 2.17. The molecule has 1 aromatic rings. The van der Waals surface area contributed by atoms with Gasteiger partial charge in [-0.05, 0) is 24.1 Å². The van der Waals surface area contributed by atoms with Crippen molar-refractivity contribution in [3.63, 3.8) is 0 Å². The molecule has 20 heavy (non-hydrogen) atoms. The number of halogens is 1. The fourth-order valence-electron chi connectivity index (χ4n) is 1.65. The van der Waals surface area contributed by atoms with Crippen LogP contribution in [0, 0.1) is 5.92 Å². The fraction of sp³-hybridized carbons (Fsp3) is 0.429. The third kappa shape index (κ3) is 6.06. The van der Waals surface area contributed by atoms with Crippen LogP contribution in [0.25, 0.3) is 0 Å². The average molecular weight is 344 g/mol. The molecule has 0 spiro atoms. The summed E-state index contributed by atoms with van der Waals surface area (Å²) in [7, 11) is 0. The van der Waals surface area contributed by atoms with Crippen LogP contribution in [0.1, 0.15) is 13.8 Å². The second-order valence-electron chi connectivity index (χ2n) is 4.81. The van der Waals surface area contributed by atoms with Crippen LogP contribution < -0.4 is 4.74 Å². The maximum Gasteiger partial charge on any atom is 0.323 e. The van der Waals surface area contributed by atoms with Gasteiger partial charge in [0, 0.05) is 11.0 Å². The van der Waals surface area contributed by atoms with Crippen LogP contribution in [0.15, 0.2) is 28.7 Å². The van der Waals surface area contributed by atoms with Crippen molar-refractivity contribution < 1.29 is 19.4 Å². The van der Waals surface area contributed by atoms with E-state index >= 15 is 0 Å². The number of hydrogen-bond donors (Lipinski definition) is 1. The van der Waals surface area contributed by atoms with Gasteiger partial charge in [-0.2, -0.15) is 0 Å². The number of carbonyl (C=O) groups is 2. The van der Waals surface area contributed by atoms with Gasteiger partial charge in [-0.3, -0.25) is 9.59 Å². The highest BCUT2D eigenvalue weighted by atomic mass is 79.9. The summed E-state index contributed by atoms with van der Waals surface area (Å²) in [6.45, 7) is 3.77. The number of benzene rings is 1. The van der Waals surface area contributed by atoms with Gasteiger partial charge in [0.15, 0.2) is 6.61 Å². The van der Waals surface area contributed by atoms with E-state index in [0.29, 0.717) is 12.3 Å². The van der Waals surface area contributed by atoms with Crippen molar-refractivity contribution in [1.82, 2.24) is 4.90 Å². The van der Waals surface area contributed by atoms with Crippen molar-refractivity contribution in [2.75, 3.05) is 19.7 Å².